The second-order valence-electron chi connectivity index (χ2n) is 16.8. The van der Waals surface area contributed by atoms with Crippen molar-refractivity contribution in [2.24, 2.45) is 0 Å². The molecule has 0 saturated carbocycles. The van der Waals surface area contributed by atoms with E-state index in [0.29, 0.717) is 0 Å². The summed E-state index contributed by atoms with van der Waals surface area (Å²) in [6.45, 7) is 0. The van der Waals surface area contributed by atoms with Crippen LogP contribution in [0.2, 0.25) is 0 Å². The minimum Gasteiger partial charge on any atom is -0.456 e. The maximum atomic E-state index is 6.51. The van der Waals surface area contributed by atoms with Gasteiger partial charge in [0.2, 0.25) is 0 Å². The fraction of sp³-hybridized carbons (Fsp3) is 0.0164. The number of nitrogens with zero attached hydrogens (tertiary/aromatic N) is 1. The maximum Gasteiger partial charge on any atom is 0.137 e. The quantitative estimate of drug-likeness (QED) is 0.167. The molecule has 0 N–H and O–H groups in total. The first-order valence-electron chi connectivity index (χ1n) is 21.7. The molecule has 2 aliphatic carbocycles. The first-order valence-corrected chi connectivity index (χ1v) is 21.7. The minimum absolute atomic E-state index is 0.388. The van der Waals surface area contributed by atoms with Gasteiger partial charge in [0.1, 0.15) is 11.2 Å². The molecule has 1 heterocycles. The Morgan fingerprint density at radius 1 is 0.286 bits per heavy atom. The van der Waals surface area contributed by atoms with Gasteiger partial charge in [-0.05, 0) is 126 Å². The predicted octanol–water partition coefficient (Wildman–Crippen LogP) is 16.4. The number of furan rings is 1. The summed E-state index contributed by atoms with van der Waals surface area (Å²) in [5.41, 5.74) is 22.2. The van der Waals surface area contributed by atoms with Crippen LogP contribution in [0.25, 0.3) is 77.6 Å². The van der Waals surface area contributed by atoms with Gasteiger partial charge in [0.15, 0.2) is 0 Å². The molecule has 0 atom stereocenters. The van der Waals surface area contributed by atoms with E-state index >= 15 is 0 Å². The third-order valence-corrected chi connectivity index (χ3v) is 13.5. The Labute approximate surface area is 366 Å². The van der Waals surface area contributed by atoms with Crippen LogP contribution in [0.15, 0.2) is 241 Å². The Kier molecular flexibility index (Phi) is 7.85. The first kappa shape index (κ1) is 35.5. The Bertz CT molecular complexity index is 3460. The van der Waals surface area contributed by atoms with Crippen molar-refractivity contribution >= 4 is 39.0 Å². The molecule has 63 heavy (non-hydrogen) atoms. The average Bonchev–Trinajstić information content (AvgIpc) is 3.99. The topological polar surface area (TPSA) is 16.4 Å². The van der Waals surface area contributed by atoms with Gasteiger partial charge >= 0.3 is 0 Å². The molecule has 13 rings (SSSR count). The molecule has 0 fully saturated rings. The SMILES string of the molecule is c1ccc(-c2cc(-c3ccccc3)cc(N(c3ccc(-c4cccc5c4-c4ccccc4C54c5ccccc5-c5ccccc54)cc3)c3ccc4c(c3)oc3ccccc34)c2)cc1. The van der Waals surface area contributed by atoms with E-state index in [1.54, 1.807) is 0 Å². The molecule has 2 heteroatoms. The molecule has 11 aromatic rings. The highest BCUT2D eigenvalue weighted by Gasteiger charge is 2.51. The van der Waals surface area contributed by atoms with Gasteiger partial charge in [-0.1, -0.05) is 182 Å². The van der Waals surface area contributed by atoms with Crippen LogP contribution in [0.5, 0.6) is 0 Å². The van der Waals surface area contributed by atoms with Crippen LogP contribution in [0.3, 0.4) is 0 Å². The van der Waals surface area contributed by atoms with Crippen molar-refractivity contribution in [2.75, 3.05) is 4.90 Å². The van der Waals surface area contributed by atoms with Gasteiger partial charge in [-0.25, -0.2) is 0 Å². The third-order valence-electron chi connectivity index (χ3n) is 13.5. The number of hydrogen-bond acceptors (Lipinski definition) is 2. The van der Waals surface area contributed by atoms with Crippen LogP contribution in [0.1, 0.15) is 22.3 Å². The van der Waals surface area contributed by atoms with Crippen molar-refractivity contribution in [1.29, 1.82) is 0 Å². The molecule has 1 aromatic heterocycles. The van der Waals surface area contributed by atoms with Gasteiger partial charge in [-0.15, -0.1) is 0 Å². The zero-order valence-electron chi connectivity index (χ0n) is 34.4. The summed E-state index contributed by atoms with van der Waals surface area (Å²) in [5.74, 6) is 0. The Morgan fingerprint density at radius 2 is 0.794 bits per heavy atom. The van der Waals surface area contributed by atoms with E-state index in [-0.39, 0.29) is 5.41 Å². The lowest BCUT2D eigenvalue weighted by atomic mass is 9.70. The number of anilines is 3. The van der Waals surface area contributed by atoms with Crippen molar-refractivity contribution in [3.8, 4) is 55.6 Å². The van der Waals surface area contributed by atoms with Crippen molar-refractivity contribution < 1.29 is 4.42 Å². The number of hydrogen-bond donors (Lipinski definition) is 0. The predicted molar refractivity (Wildman–Crippen MR) is 261 cm³/mol. The lowest BCUT2D eigenvalue weighted by Gasteiger charge is -2.30. The summed E-state index contributed by atoms with van der Waals surface area (Å²) in [4.78, 5) is 2.38. The summed E-state index contributed by atoms with van der Waals surface area (Å²) in [6, 6.07) is 86.4. The number of rotatable bonds is 6. The maximum absolute atomic E-state index is 6.51. The molecular formula is C61H39NO. The van der Waals surface area contributed by atoms with E-state index in [1.165, 1.54) is 66.8 Å². The third kappa shape index (κ3) is 5.32. The minimum atomic E-state index is -0.388. The highest BCUT2D eigenvalue weighted by Crippen LogP contribution is 2.64. The summed E-state index contributed by atoms with van der Waals surface area (Å²) in [5, 5.41) is 2.23. The molecule has 10 aromatic carbocycles. The van der Waals surface area contributed by atoms with Crippen molar-refractivity contribution in [3.63, 3.8) is 0 Å². The zero-order chi connectivity index (χ0) is 41.5. The number of benzene rings is 10. The summed E-state index contributed by atoms with van der Waals surface area (Å²) in [7, 11) is 0. The van der Waals surface area contributed by atoms with Crippen LogP contribution in [-0.4, -0.2) is 0 Å². The highest BCUT2D eigenvalue weighted by atomic mass is 16.3. The van der Waals surface area contributed by atoms with E-state index in [2.05, 4.69) is 229 Å². The van der Waals surface area contributed by atoms with Gasteiger partial charge in [0, 0.05) is 33.9 Å². The number of para-hydroxylation sites is 1. The van der Waals surface area contributed by atoms with Gasteiger partial charge in [0.25, 0.3) is 0 Å². The van der Waals surface area contributed by atoms with E-state index in [1.807, 2.05) is 12.1 Å². The molecule has 0 bridgehead atoms. The molecule has 2 aliphatic rings. The fourth-order valence-corrected chi connectivity index (χ4v) is 10.8. The lowest BCUT2D eigenvalue weighted by molar-refractivity contribution is 0.669. The highest BCUT2D eigenvalue weighted by molar-refractivity contribution is 6.06. The average molecular weight is 802 g/mol. The Hall–Kier alpha value is -8.20. The molecule has 0 saturated heterocycles. The smallest absolute Gasteiger partial charge is 0.137 e. The van der Waals surface area contributed by atoms with E-state index in [0.717, 1.165) is 50.1 Å². The van der Waals surface area contributed by atoms with Crippen LogP contribution >= 0.6 is 0 Å². The lowest BCUT2D eigenvalue weighted by Crippen LogP contribution is -2.25. The summed E-state index contributed by atoms with van der Waals surface area (Å²) >= 11 is 0. The van der Waals surface area contributed by atoms with E-state index in [4.69, 9.17) is 4.42 Å². The monoisotopic (exact) mass is 801 g/mol. The van der Waals surface area contributed by atoms with Gasteiger partial charge < -0.3 is 9.32 Å². The van der Waals surface area contributed by atoms with Crippen molar-refractivity contribution in [2.45, 2.75) is 5.41 Å². The molecule has 2 nitrogen and oxygen atoms in total. The molecule has 0 amide bonds. The van der Waals surface area contributed by atoms with Crippen LogP contribution in [-0.2, 0) is 5.41 Å². The normalized spacial score (nSPS) is 12.9. The molecule has 0 unspecified atom stereocenters. The second-order valence-corrected chi connectivity index (χ2v) is 16.8. The van der Waals surface area contributed by atoms with Crippen molar-refractivity contribution in [1.82, 2.24) is 0 Å². The molecular weight excluding hydrogens is 763 g/mol. The van der Waals surface area contributed by atoms with E-state index < -0.39 is 0 Å². The Morgan fingerprint density at radius 3 is 1.46 bits per heavy atom. The second kappa shape index (κ2) is 13.9. The van der Waals surface area contributed by atoms with Gasteiger partial charge in [0.05, 0.1) is 5.41 Å². The van der Waals surface area contributed by atoms with Crippen molar-refractivity contribution in [3.05, 3.63) is 259 Å². The Balaban J connectivity index is 1.000. The molecule has 0 radical (unpaired) electrons. The van der Waals surface area contributed by atoms with Crippen LogP contribution < -0.4 is 4.90 Å². The largest absolute Gasteiger partial charge is 0.456 e. The van der Waals surface area contributed by atoms with Crippen LogP contribution in [0, 0.1) is 0 Å². The van der Waals surface area contributed by atoms with Crippen LogP contribution in [0.4, 0.5) is 17.1 Å². The van der Waals surface area contributed by atoms with Gasteiger partial charge in [-0.2, -0.15) is 0 Å². The fourth-order valence-electron chi connectivity index (χ4n) is 10.8. The van der Waals surface area contributed by atoms with Gasteiger partial charge in [-0.3, -0.25) is 0 Å². The molecule has 294 valence electrons. The standard InChI is InChI=1S/C61H39NO/c1-3-16-40(17-4-1)43-36-44(41-18-5-2-6-19-41)38-47(37-43)62(46-34-35-52-51-22-10-14-29-58(51)63-59(52)39-46)45-32-30-42(31-33-45)48-24-15-28-57-60(48)53-23-9-13-27-56(53)61(57)54-25-11-7-20-49(54)50-21-8-12-26-55(50)61/h1-39H. The molecule has 0 aliphatic heterocycles. The van der Waals surface area contributed by atoms with E-state index in [9.17, 15) is 0 Å². The summed E-state index contributed by atoms with van der Waals surface area (Å²) in [6.07, 6.45) is 0. The zero-order valence-corrected chi connectivity index (χ0v) is 34.4. The summed E-state index contributed by atoms with van der Waals surface area (Å²) < 4.78 is 6.51. The first-order chi connectivity index (χ1) is 31.2. The molecule has 1 spiro atoms. The number of fused-ring (bicyclic) bond motifs is 13.